The number of amides is 1. The molecule has 0 saturated carbocycles. The number of aromatic nitrogens is 1. The van der Waals surface area contributed by atoms with Crippen molar-refractivity contribution in [3.05, 3.63) is 74.5 Å². The average molecular weight is 602 g/mol. The van der Waals surface area contributed by atoms with Gasteiger partial charge in [0.05, 0.1) is 17.1 Å². The summed E-state index contributed by atoms with van der Waals surface area (Å²) in [5.74, 6) is -0.761. The Balaban J connectivity index is 1.51. The van der Waals surface area contributed by atoms with E-state index in [1.165, 1.54) is 24.3 Å². The largest absolute Gasteiger partial charge is 0.466 e. The first-order chi connectivity index (χ1) is 19.1. The first-order valence-corrected chi connectivity index (χ1v) is 14.9. The number of ether oxygens (including phenoxy) is 1. The second kappa shape index (κ2) is 11.1. The van der Waals surface area contributed by atoms with Gasteiger partial charge in [-0.3, -0.25) is 19.1 Å². The molecular weight excluding hydrogens is 577 g/mol. The van der Waals surface area contributed by atoms with E-state index in [-0.39, 0.29) is 63.3 Å². The third-order valence-electron chi connectivity index (χ3n) is 6.70. The molecule has 1 aliphatic carbocycles. The maximum atomic E-state index is 13.0. The molecule has 1 amide bonds. The van der Waals surface area contributed by atoms with Gasteiger partial charge in [-0.2, -0.15) is 0 Å². The summed E-state index contributed by atoms with van der Waals surface area (Å²) in [6.45, 7) is 1.98. The summed E-state index contributed by atoms with van der Waals surface area (Å²) in [6, 6.07) is 8.68. The number of aromatic amines is 1. The quantitative estimate of drug-likeness (QED) is 0.226. The Hall–Kier alpha value is -3.60. The third kappa shape index (κ3) is 5.65. The highest BCUT2D eigenvalue weighted by molar-refractivity contribution is 7.92. The van der Waals surface area contributed by atoms with Crippen LogP contribution in [0.4, 0.5) is 11.4 Å². The number of anilines is 2. The Morgan fingerprint density at radius 2 is 1.85 bits per heavy atom. The molecule has 2 aromatic carbocycles. The minimum atomic E-state index is -4.03. The second-order valence-electron chi connectivity index (χ2n) is 9.44. The highest BCUT2D eigenvalue weighted by Gasteiger charge is 2.29. The minimum Gasteiger partial charge on any atom is -0.466 e. The van der Waals surface area contributed by atoms with Gasteiger partial charge in [-0.05, 0) is 74.2 Å². The summed E-state index contributed by atoms with van der Waals surface area (Å²) >= 11 is 12.0. The third-order valence-corrected chi connectivity index (χ3v) is 8.50. The Labute approximate surface area is 240 Å². The number of H-pyrrole nitrogens is 1. The van der Waals surface area contributed by atoms with Crippen LogP contribution in [0.3, 0.4) is 0 Å². The molecule has 0 radical (unpaired) electrons. The van der Waals surface area contributed by atoms with Crippen molar-refractivity contribution >= 4 is 73.9 Å². The number of hydrogen-bond donors (Lipinski definition) is 3. The molecule has 1 aromatic heterocycles. The fourth-order valence-electron chi connectivity index (χ4n) is 4.97. The fourth-order valence-corrected chi connectivity index (χ4v) is 6.75. The summed E-state index contributed by atoms with van der Waals surface area (Å²) in [5, 5.41) is 3.13. The van der Waals surface area contributed by atoms with Crippen molar-refractivity contribution < 1.29 is 27.5 Å². The van der Waals surface area contributed by atoms with Crippen LogP contribution >= 0.6 is 23.2 Å². The van der Waals surface area contributed by atoms with E-state index in [1.54, 1.807) is 25.1 Å². The molecule has 0 fully saturated rings. The van der Waals surface area contributed by atoms with E-state index < -0.39 is 10.0 Å². The normalized spacial score (nSPS) is 15.5. The first-order valence-electron chi connectivity index (χ1n) is 12.6. The van der Waals surface area contributed by atoms with Crippen molar-refractivity contribution in [1.82, 2.24) is 4.98 Å². The number of fused-ring (bicyclic) bond motifs is 2. The van der Waals surface area contributed by atoms with Crippen LogP contribution in [0.15, 0.2) is 41.3 Å². The van der Waals surface area contributed by atoms with Gasteiger partial charge >= 0.3 is 5.97 Å². The summed E-state index contributed by atoms with van der Waals surface area (Å²) in [4.78, 5) is 41.1. The summed E-state index contributed by atoms with van der Waals surface area (Å²) in [7, 11) is -4.03. The van der Waals surface area contributed by atoms with Crippen LogP contribution in [0.1, 0.15) is 59.1 Å². The molecule has 0 saturated heterocycles. The maximum Gasteiger partial charge on any atom is 0.306 e. The number of benzene rings is 2. The number of carbonyl (C=O) groups is 3. The standard InChI is InChI=1S/C28H25Cl2N3O6S/c1-2-39-26(35)9-7-19-24(31-23-4-3-5-25(34)27(19)23)14-21-20-13-17(6-8-22(20)32-28(21)36)33-40(37,38)18-11-15(29)10-16(30)12-18/h6,8,10-14,31,33H,2-5,7,9H2,1H3,(H,32,36)/b21-14-. The molecule has 3 N–H and O–H groups in total. The van der Waals surface area contributed by atoms with Gasteiger partial charge in [0.25, 0.3) is 15.9 Å². The number of aryl methyl sites for hydroxylation is 1. The lowest BCUT2D eigenvalue weighted by atomic mass is 9.91. The number of ketones is 1. The lowest BCUT2D eigenvalue weighted by molar-refractivity contribution is -0.143. The maximum absolute atomic E-state index is 13.0. The number of sulfonamides is 1. The van der Waals surface area contributed by atoms with E-state index >= 15 is 0 Å². The smallest absolute Gasteiger partial charge is 0.306 e. The van der Waals surface area contributed by atoms with Crippen LogP contribution in [0.5, 0.6) is 0 Å². The molecular formula is C28H25Cl2N3O6S. The number of rotatable bonds is 8. The molecule has 9 nitrogen and oxygen atoms in total. The van der Waals surface area contributed by atoms with Crippen LogP contribution in [-0.4, -0.2) is 37.7 Å². The summed E-state index contributed by atoms with van der Waals surface area (Å²) in [5.41, 5.74) is 4.06. The van der Waals surface area contributed by atoms with E-state index in [2.05, 4.69) is 15.0 Å². The van der Waals surface area contributed by atoms with E-state index in [9.17, 15) is 22.8 Å². The van der Waals surface area contributed by atoms with Crippen molar-refractivity contribution in [1.29, 1.82) is 0 Å². The number of hydrogen-bond acceptors (Lipinski definition) is 6. The zero-order chi connectivity index (χ0) is 28.6. The number of nitrogens with one attached hydrogen (secondary N) is 3. The Morgan fingerprint density at radius 3 is 2.58 bits per heavy atom. The van der Waals surface area contributed by atoms with Crippen LogP contribution in [0, 0.1) is 0 Å². The molecule has 0 unspecified atom stereocenters. The van der Waals surface area contributed by atoms with Crippen molar-refractivity contribution in [2.45, 2.75) is 43.9 Å². The molecule has 12 heteroatoms. The van der Waals surface area contributed by atoms with Gasteiger partial charge in [0.2, 0.25) is 0 Å². The predicted molar refractivity (Wildman–Crippen MR) is 153 cm³/mol. The van der Waals surface area contributed by atoms with E-state index in [0.717, 1.165) is 5.69 Å². The molecule has 1 aliphatic heterocycles. The first kappa shape index (κ1) is 27.9. The molecule has 0 bridgehead atoms. The number of Topliss-reactive ketones (excluding diaryl/α,β-unsaturated/α-hetero) is 1. The van der Waals surface area contributed by atoms with E-state index in [4.69, 9.17) is 27.9 Å². The lowest BCUT2D eigenvalue weighted by Crippen LogP contribution is -2.13. The zero-order valence-electron chi connectivity index (χ0n) is 21.4. The topological polar surface area (TPSA) is 134 Å². The second-order valence-corrected chi connectivity index (χ2v) is 12.0. The van der Waals surface area contributed by atoms with E-state index in [1.807, 2.05) is 0 Å². The van der Waals surface area contributed by atoms with Gasteiger partial charge < -0.3 is 15.0 Å². The Kier molecular flexibility index (Phi) is 7.76. The number of carbonyl (C=O) groups excluding carboxylic acids is 3. The monoisotopic (exact) mass is 601 g/mol. The van der Waals surface area contributed by atoms with Gasteiger partial charge in [0, 0.05) is 56.8 Å². The van der Waals surface area contributed by atoms with Gasteiger partial charge in [-0.25, -0.2) is 8.42 Å². The van der Waals surface area contributed by atoms with Crippen LogP contribution in [-0.2, 0) is 37.2 Å². The highest BCUT2D eigenvalue weighted by atomic mass is 35.5. The van der Waals surface area contributed by atoms with Crippen molar-refractivity contribution in [2.24, 2.45) is 0 Å². The minimum absolute atomic E-state index is 0.00454. The number of esters is 1. The molecule has 40 heavy (non-hydrogen) atoms. The van der Waals surface area contributed by atoms with Crippen molar-refractivity contribution in [3.8, 4) is 0 Å². The predicted octanol–water partition coefficient (Wildman–Crippen LogP) is 5.63. The highest BCUT2D eigenvalue weighted by Crippen LogP contribution is 2.37. The van der Waals surface area contributed by atoms with Crippen LogP contribution < -0.4 is 10.0 Å². The zero-order valence-corrected chi connectivity index (χ0v) is 23.7. The lowest BCUT2D eigenvalue weighted by Gasteiger charge is -2.11. The molecule has 208 valence electrons. The molecule has 5 rings (SSSR count). The molecule has 2 aliphatic rings. The van der Waals surface area contributed by atoms with Gasteiger partial charge in [-0.1, -0.05) is 23.2 Å². The Morgan fingerprint density at radius 1 is 1.10 bits per heavy atom. The van der Waals surface area contributed by atoms with Gasteiger partial charge in [0.15, 0.2) is 5.78 Å². The SMILES string of the molecule is CCOC(=O)CCc1c(/C=C2\C(=O)Nc3ccc(NS(=O)(=O)c4cc(Cl)cc(Cl)c4)cc32)[nH]c2c1C(=O)CCC2. The van der Waals surface area contributed by atoms with Crippen LogP contribution in [0.25, 0.3) is 11.6 Å². The molecule has 0 atom stereocenters. The van der Waals surface area contributed by atoms with Gasteiger partial charge in [0.1, 0.15) is 0 Å². The summed E-state index contributed by atoms with van der Waals surface area (Å²) < 4.78 is 33.6. The summed E-state index contributed by atoms with van der Waals surface area (Å²) in [6.07, 6.45) is 3.80. The van der Waals surface area contributed by atoms with E-state index in [0.29, 0.717) is 47.3 Å². The van der Waals surface area contributed by atoms with Crippen LogP contribution in [0.2, 0.25) is 10.0 Å². The van der Waals surface area contributed by atoms with Crippen molar-refractivity contribution in [3.63, 3.8) is 0 Å². The molecule has 3 aromatic rings. The fraction of sp³-hybridized carbons (Fsp3) is 0.250. The average Bonchev–Trinajstić information content (AvgIpc) is 3.39. The Bertz CT molecular complexity index is 1670. The number of halogens is 2. The molecule has 2 heterocycles. The van der Waals surface area contributed by atoms with Gasteiger partial charge in [-0.15, -0.1) is 0 Å². The molecule has 0 spiro atoms. The van der Waals surface area contributed by atoms with Crippen molar-refractivity contribution in [2.75, 3.05) is 16.6 Å².